The predicted octanol–water partition coefficient (Wildman–Crippen LogP) is 3.92. The van der Waals surface area contributed by atoms with Crippen LogP contribution in [0.4, 0.5) is 21.9 Å². The summed E-state index contributed by atoms with van der Waals surface area (Å²) in [6.45, 7) is 0. The van der Waals surface area contributed by atoms with Gasteiger partial charge in [-0.25, -0.2) is 9.59 Å². The van der Waals surface area contributed by atoms with Gasteiger partial charge in [-0.1, -0.05) is 36.4 Å². The molecule has 1 heterocycles. The average Bonchev–Trinajstić information content (AvgIpc) is 3.17. The van der Waals surface area contributed by atoms with Crippen molar-refractivity contribution in [3.63, 3.8) is 0 Å². The maximum absolute atomic E-state index is 13.0. The number of nitrogens with zero attached hydrogens (tertiary/aromatic N) is 1. The van der Waals surface area contributed by atoms with E-state index in [9.17, 15) is 14.4 Å². The first kappa shape index (κ1) is 21.6. The molecule has 0 spiro atoms. The Bertz CT molecular complexity index is 1270. The van der Waals surface area contributed by atoms with Gasteiger partial charge in [-0.05, 0) is 42.0 Å². The van der Waals surface area contributed by atoms with Crippen molar-refractivity contribution in [2.45, 2.75) is 0 Å². The van der Waals surface area contributed by atoms with Gasteiger partial charge in [0.1, 0.15) is 0 Å². The first-order valence-electron chi connectivity index (χ1n) is 10.1. The molecule has 33 heavy (non-hydrogen) atoms. The summed E-state index contributed by atoms with van der Waals surface area (Å²) < 4.78 is 4.78. The van der Waals surface area contributed by atoms with Gasteiger partial charge in [0, 0.05) is 24.0 Å². The molecule has 0 aliphatic carbocycles. The zero-order valence-electron chi connectivity index (χ0n) is 18.1. The molecule has 0 radical (unpaired) electrons. The molecule has 0 atom stereocenters. The summed E-state index contributed by atoms with van der Waals surface area (Å²) >= 11 is 0. The minimum Gasteiger partial charge on any atom is -0.465 e. The van der Waals surface area contributed by atoms with Crippen LogP contribution in [-0.2, 0) is 9.53 Å². The quantitative estimate of drug-likeness (QED) is 0.409. The lowest BCUT2D eigenvalue weighted by Crippen LogP contribution is -2.31. The number of anilines is 3. The number of urea groups is 1. The summed E-state index contributed by atoms with van der Waals surface area (Å²) in [4.78, 5) is 37.7. The molecule has 4 rings (SSSR count). The van der Waals surface area contributed by atoms with Crippen molar-refractivity contribution in [1.82, 2.24) is 0 Å². The fraction of sp³-hybridized carbons (Fsp3) is 0.0800. The topological polar surface area (TPSA) is 114 Å². The summed E-state index contributed by atoms with van der Waals surface area (Å²) in [5, 5.41) is 6.18. The Morgan fingerprint density at radius 3 is 2.30 bits per heavy atom. The van der Waals surface area contributed by atoms with Gasteiger partial charge in [-0.3, -0.25) is 9.69 Å². The fourth-order valence-electron chi connectivity index (χ4n) is 3.59. The van der Waals surface area contributed by atoms with Crippen LogP contribution in [-0.4, -0.2) is 32.1 Å². The highest BCUT2D eigenvalue weighted by Gasteiger charge is 2.29. The van der Waals surface area contributed by atoms with Crippen LogP contribution >= 0.6 is 0 Å². The number of nitrogens with one attached hydrogen (secondary N) is 2. The molecule has 1 aliphatic rings. The summed E-state index contributed by atoms with van der Waals surface area (Å²) in [6, 6.07) is 21.0. The molecular weight excluding hydrogens is 420 g/mol. The second-order valence-electron chi connectivity index (χ2n) is 7.39. The average molecular weight is 442 g/mol. The molecule has 1 aliphatic heterocycles. The molecule has 3 aromatic carbocycles. The third-order valence-corrected chi connectivity index (χ3v) is 5.35. The number of fused-ring (bicyclic) bond motifs is 1. The maximum Gasteiger partial charge on any atom is 0.337 e. The second kappa shape index (κ2) is 8.88. The van der Waals surface area contributed by atoms with Crippen molar-refractivity contribution in [1.29, 1.82) is 0 Å². The van der Waals surface area contributed by atoms with E-state index in [-0.39, 0.29) is 5.91 Å². The van der Waals surface area contributed by atoms with E-state index in [2.05, 4.69) is 10.6 Å². The van der Waals surface area contributed by atoms with E-state index < -0.39 is 12.0 Å². The molecule has 3 aromatic rings. The van der Waals surface area contributed by atoms with Gasteiger partial charge in [-0.2, -0.15) is 0 Å². The molecule has 166 valence electrons. The minimum atomic E-state index is -0.562. The molecule has 4 N–H and O–H groups in total. The molecule has 0 saturated heterocycles. The minimum absolute atomic E-state index is 0.288. The lowest BCUT2D eigenvalue weighted by Gasteiger charge is -2.17. The molecule has 8 nitrogen and oxygen atoms in total. The summed E-state index contributed by atoms with van der Waals surface area (Å²) in [5.41, 5.74) is 10.1. The van der Waals surface area contributed by atoms with E-state index in [4.69, 9.17) is 10.5 Å². The predicted molar refractivity (Wildman–Crippen MR) is 128 cm³/mol. The molecule has 3 amide bonds. The van der Waals surface area contributed by atoms with E-state index >= 15 is 0 Å². The van der Waals surface area contributed by atoms with Crippen molar-refractivity contribution >= 4 is 46.2 Å². The largest absolute Gasteiger partial charge is 0.465 e. The van der Waals surface area contributed by atoms with Crippen LogP contribution < -0.4 is 21.3 Å². The lowest BCUT2D eigenvalue weighted by molar-refractivity contribution is -0.110. The van der Waals surface area contributed by atoms with E-state index in [1.54, 1.807) is 49.5 Å². The monoisotopic (exact) mass is 442 g/mol. The van der Waals surface area contributed by atoms with Gasteiger partial charge in [-0.15, -0.1) is 0 Å². The number of benzene rings is 3. The SMILES string of the molecule is COC(=O)c1ccc2c(c1)NC(=O)C2=C(Nc1ccc(N(C)C(N)=O)cc1)c1ccccc1. The van der Waals surface area contributed by atoms with E-state index in [1.165, 1.54) is 12.0 Å². The fourth-order valence-corrected chi connectivity index (χ4v) is 3.59. The van der Waals surface area contributed by atoms with Crippen LogP contribution in [0.15, 0.2) is 72.8 Å². The molecular formula is C25H22N4O4. The number of amides is 3. The van der Waals surface area contributed by atoms with Crippen LogP contribution in [0.5, 0.6) is 0 Å². The summed E-state index contributed by atoms with van der Waals surface area (Å²) in [6.07, 6.45) is 0. The second-order valence-corrected chi connectivity index (χ2v) is 7.39. The molecule has 0 aromatic heterocycles. The first-order valence-corrected chi connectivity index (χ1v) is 10.1. The lowest BCUT2D eigenvalue weighted by atomic mass is 9.99. The number of primary amides is 1. The molecule has 0 bridgehead atoms. The van der Waals surface area contributed by atoms with Gasteiger partial charge >= 0.3 is 12.0 Å². The van der Waals surface area contributed by atoms with Crippen molar-refractivity contribution in [3.05, 3.63) is 89.5 Å². The summed E-state index contributed by atoms with van der Waals surface area (Å²) in [7, 11) is 2.90. The van der Waals surface area contributed by atoms with Gasteiger partial charge in [0.05, 0.1) is 29.6 Å². The Morgan fingerprint density at radius 2 is 1.67 bits per heavy atom. The van der Waals surface area contributed by atoms with Gasteiger partial charge in [0.15, 0.2) is 0 Å². The number of nitrogens with two attached hydrogens (primary N) is 1. The van der Waals surface area contributed by atoms with Crippen LogP contribution in [0.1, 0.15) is 21.5 Å². The number of carbonyl (C=O) groups excluding carboxylic acids is 3. The Balaban J connectivity index is 1.79. The van der Waals surface area contributed by atoms with Crippen molar-refractivity contribution in [3.8, 4) is 0 Å². The number of carbonyl (C=O) groups is 3. The Labute approximate surface area is 190 Å². The van der Waals surface area contributed by atoms with E-state index in [0.29, 0.717) is 33.8 Å². The van der Waals surface area contributed by atoms with E-state index in [1.807, 2.05) is 30.3 Å². The van der Waals surface area contributed by atoms with Gasteiger partial charge in [0.25, 0.3) is 5.91 Å². The highest BCUT2D eigenvalue weighted by molar-refractivity contribution is 6.37. The van der Waals surface area contributed by atoms with Crippen molar-refractivity contribution in [2.75, 3.05) is 29.7 Å². The van der Waals surface area contributed by atoms with Crippen LogP contribution in [0.25, 0.3) is 11.3 Å². The summed E-state index contributed by atoms with van der Waals surface area (Å²) in [5.74, 6) is -0.768. The highest BCUT2D eigenvalue weighted by atomic mass is 16.5. The van der Waals surface area contributed by atoms with Gasteiger partial charge in [0.2, 0.25) is 0 Å². The van der Waals surface area contributed by atoms with Crippen LogP contribution in [0.3, 0.4) is 0 Å². The Hall–Kier alpha value is -4.59. The zero-order chi connectivity index (χ0) is 23.5. The molecule has 0 unspecified atom stereocenters. The Kier molecular flexibility index (Phi) is 5.82. The molecule has 8 heteroatoms. The van der Waals surface area contributed by atoms with Crippen LogP contribution in [0.2, 0.25) is 0 Å². The normalized spacial score (nSPS) is 13.6. The third kappa shape index (κ3) is 4.27. The van der Waals surface area contributed by atoms with Crippen LogP contribution in [0, 0.1) is 0 Å². The number of hydrogen-bond acceptors (Lipinski definition) is 5. The smallest absolute Gasteiger partial charge is 0.337 e. The molecule has 0 saturated carbocycles. The maximum atomic E-state index is 13.0. The number of rotatable bonds is 5. The zero-order valence-corrected chi connectivity index (χ0v) is 18.1. The standard InChI is InChI=1S/C25H22N4O4/c1-29(25(26)32)18-11-9-17(10-12-18)27-22(15-6-4-3-5-7-15)21-19-13-8-16(24(31)33-2)14-20(19)28-23(21)30/h3-14,27H,1-2H3,(H2,26,32)(H,28,30). The third-order valence-electron chi connectivity index (χ3n) is 5.35. The van der Waals surface area contributed by atoms with Gasteiger partial charge < -0.3 is 21.1 Å². The number of methoxy groups -OCH3 is 1. The first-order chi connectivity index (χ1) is 15.9. The number of ether oxygens (including phenoxy) is 1. The Morgan fingerprint density at radius 1 is 0.970 bits per heavy atom. The molecule has 0 fully saturated rings. The van der Waals surface area contributed by atoms with E-state index in [0.717, 1.165) is 11.3 Å². The number of hydrogen-bond donors (Lipinski definition) is 3. The highest BCUT2D eigenvalue weighted by Crippen LogP contribution is 2.38. The van der Waals surface area contributed by atoms with Crippen molar-refractivity contribution < 1.29 is 19.1 Å². The number of esters is 1. The van der Waals surface area contributed by atoms with Crippen molar-refractivity contribution in [2.24, 2.45) is 5.73 Å².